The fourth-order valence-electron chi connectivity index (χ4n) is 4.74. The van der Waals surface area contributed by atoms with Crippen LogP contribution in [0.1, 0.15) is 6.42 Å². The number of aryl methyl sites for hydroxylation is 2. The van der Waals surface area contributed by atoms with Gasteiger partial charge in [0, 0.05) is 40.5 Å². The van der Waals surface area contributed by atoms with Crippen molar-refractivity contribution in [1.29, 1.82) is 0 Å². The molecule has 4 aromatic carbocycles. The molecule has 6 rings (SSSR count). The zero-order valence-corrected chi connectivity index (χ0v) is 17.3. The Bertz CT molecular complexity index is 1450. The molecule has 3 nitrogen and oxygen atoms in total. The summed E-state index contributed by atoms with van der Waals surface area (Å²) in [5.41, 5.74) is 6.03. The molecule has 0 bridgehead atoms. The quantitative estimate of drug-likeness (QED) is 0.308. The van der Waals surface area contributed by atoms with Crippen LogP contribution in [0.5, 0.6) is 0 Å². The molecule has 31 heavy (non-hydrogen) atoms. The van der Waals surface area contributed by atoms with Gasteiger partial charge in [0.1, 0.15) is 5.82 Å². The predicted octanol–water partition coefficient (Wildman–Crippen LogP) is 6.90. The minimum Gasteiger partial charge on any atom is -0.340 e. The number of hydrogen-bond acceptors (Lipinski definition) is 1. The molecule has 0 unspecified atom stereocenters. The van der Waals surface area contributed by atoms with Gasteiger partial charge in [-0.2, -0.15) is 0 Å². The first kappa shape index (κ1) is 18.0. The van der Waals surface area contributed by atoms with Gasteiger partial charge in [-0.05, 0) is 30.7 Å². The van der Waals surface area contributed by atoms with Crippen LogP contribution in [0.2, 0.25) is 0 Å². The van der Waals surface area contributed by atoms with Gasteiger partial charge in [-0.25, -0.2) is 4.98 Å². The second-order valence-electron chi connectivity index (χ2n) is 7.98. The third kappa shape index (κ3) is 3.01. The molecule has 0 aliphatic heterocycles. The third-order valence-electron chi connectivity index (χ3n) is 6.13. The summed E-state index contributed by atoms with van der Waals surface area (Å²) in [6.45, 7) is 1.89. The Balaban J connectivity index is 1.38. The number of fused-ring (bicyclic) bond motifs is 4. The van der Waals surface area contributed by atoms with E-state index in [0.29, 0.717) is 0 Å². The van der Waals surface area contributed by atoms with Crippen molar-refractivity contribution in [3.8, 4) is 11.4 Å². The first-order valence-electron chi connectivity index (χ1n) is 10.9. The van der Waals surface area contributed by atoms with Crippen LogP contribution in [0.3, 0.4) is 0 Å². The Hall–Kier alpha value is -3.85. The normalized spacial score (nSPS) is 11.6. The minimum atomic E-state index is 0.922. The summed E-state index contributed by atoms with van der Waals surface area (Å²) in [6, 6.07) is 36.4. The molecule has 0 atom stereocenters. The standard InChI is InChI=1S/C28H23N3/c1-2-11-21(12-3-1)28-29-24-15-6-9-18-27(24)31(28)20-10-19-30-25-16-7-4-13-22(25)23-14-5-8-17-26(23)30/h1-9,11-18H,10,19-20H2. The maximum absolute atomic E-state index is 4.95. The summed E-state index contributed by atoms with van der Waals surface area (Å²) < 4.78 is 4.84. The number of hydrogen-bond donors (Lipinski definition) is 0. The molecular weight excluding hydrogens is 378 g/mol. The van der Waals surface area contributed by atoms with E-state index >= 15 is 0 Å². The Morgan fingerprint density at radius 2 is 1.06 bits per heavy atom. The average molecular weight is 402 g/mol. The van der Waals surface area contributed by atoms with E-state index in [1.54, 1.807) is 0 Å². The van der Waals surface area contributed by atoms with Gasteiger partial charge in [-0.15, -0.1) is 0 Å². The average Bonchev–Trinajstić information content (AvgIpc) is 3.36. The third-order valence-corrected chi connectivity index (χ3v) is 6.13. The van der Waals surface area contributed by atoms with Gasteiger partial charge >= 0.3 is 0 Å². The topological polar surface area (TPSA) is 22.8 Å². The summed E-state index contributed by atoms with van der Waals surface area (Å²) in [4.78, 5) is 4.95. The second kappa shape index (κ2) is 7.44. The summed E-state index contributed by atoms with van der Waals surface area (Å²) in [5.74, 6) is 1.05. The molecule has 0 N–H and O–H groups in total. The Morgan fingerprint density at radius 1 is 0.516 bits per heavy atom. The molecule has 0 radical (unpaired) electrons. The van der Waals surface area contributed by atoms with Crippen LogP contribution in [0.4, 0.5) is 0 Å². The number of rotatable bonds is 5. The number of benzene rings is 4. The monoisotopic (exact) mass is 401 g/mol. The Labute approximate surface area is 181 Å². The van der Waals surface area contributed by atoms with Crippen molar-refractivity contribution in [3.63, 3.8) is 0 Å². The first-order chi connectivity index (χ1) is 15.4. The van der Waals surface area contributed by atoms with Crippen molar-refractivity contribution in [2.45, 2.75) is 19.5 Å². The molecule has 0 spiro atoms. The zero-order chi connectivity index (χ0) is 20.6. The smallest absolute Gasteiger partial charge is 0.141 e. The van der Waals surface area contributed by atoms with E-state index in [1.807, 2.05) is 0 Å². The highest BCUT2D eigenvalue weighted by Gasteiger charge is 2.13. The van der Waals surface area contributed by atoms with Gasteiger partial charge in [-0.1, -0.05) is 78.9 Å². The molecule has 0 amide bonds. The van der Waals surface area contributed by atoms with E-state index in [-0.39, 0.29) is 0 Å². The molecule has 2 aromatic heterocycles. The highest BCUT2D eigenvalue weighted by atomic mass is 15.1. The van der Waals surface area contributed by atoms with Gasteiger partial charge < -0.3 is 9.13 Å². The lowest BCUT2D eigenvalue weighted by molar-refractivity contribution is 0.594. The van der Waals surface area contributed by atoms with E-state index in [9.17, 15) is 0 Å². The van der Waals surface area contributed by atoms with Crippen molar-refractivity contribution in [2.75, 3.05) is 0 Å². The fourth-order valence-corrected chi connectivity index (χ4v) is 4.74. The fraction of sp³-hybridized carbons (Fsp3) is 0.107. The SMILES string of the molecule is c1ccc(-c2nc3ccccc3n2CCCn2c3ccccc3c3ccccc32)cc1. The lowest BCUT2D eigenvalue weighted by atomic mass is 10.2. The molecule has 0 aliphatic carbocycles. The summed E-state index contributed by atoms with van der Waals surface area (Å²) in [5, 5.41) is 2.66. The van der Waals surface area contributed by atoms with Crippen molar-refractivity contribution in [2.24, 2.45) is 0 Å². The molecular formula is C28H23N3. The highest BCUT2D eigenvalue weighted by molar-refractivity contribution is 6.07. The van der Waals surface area contributed by atoms with Crippen LogP contribution in [-0.4, -0.2) is 14.1 Å². The van der Waals surface area contributed by atoms with Crippen molar-refractivity contribution >= 4 is 32.8 Å². The maximum atomic E-state index is 4.95. The van der Waals surface area contributed by atoms with E-state index in [2.05, 4.69) is 112 Å². The van der Waals surface area contributed by atoms with E-state index in [1.165, 1.54) is 27.3 Å². The summed E-state index contributed by atoms with van der Waals surface area (Å²) in [7, 11) is 0. The molecule has 0 saturated carbocycles. The molecule has 2 heterocycles. The number of nitrogens with zero attached hydrogens (tertiary/aromatic N) is 3. The largest absolute Gasteiger partial charge is 0.340 e. The number of aromatic nitrogens is 3. The molecule has 6 aromatic rings. The van der Waals surface area contributed by atoms with Crippen molar-refractivity contribution < 1.29 is 0 Å². The van der Waals surface area contributed by atoms with Crippen LogP contribution >= 0.6 is 0 Å². The van der Waals surface area contributed by atoms with Crippen LogP contribution in [-0.2, 0) is 13.1 Å². The Morgan fingerprint density at radius 3 is 1.77 bits per heavy atom. The number of imidazole rings is 1. The predicted molar refractivity (Wildman–Crippen MR) is 129 cm³/mol. The summed E-state index contributed by atoms with van der Waals surface area (Å²) in [6.07, 6.45) is 1.03. The second-order valence-corrected chi connectivity index (χ2v) is 7.98. The Kier molecular flexibility index (Phi) is 4.31. The van der Waals surface area contributed by atoms with Crippen LogP contribution in [0.25, 0.3) is 44.2 Å². The van der Waals surface area contributed by atoms with E-state index in [4.69, 9.17) is 4.98 Å². The van der Waals surface area contributed by atoms with Crippen LogP contribution in [0, 0.1) is 0 Å². The molecule has 3 heteroatoms. The zero-order valence-electron chi connectivity index (χ0n) is 17.3. The van der Waals surface area contributed by atoms with Crippen LogP contribution in [0.15, 0.2) is 103 Å². The summed E-state index contributed by atoms with van der Waals surface area (Å²) >= 11 is 0. The van der Waals surface area contributed by atoms with Gasteiger partial charge in [0.05, 0.1) is 11.0 Å². The molecule has 0 fully saturated rings. The lowest BCUT2D eigenvalue weighted by Gasteiger charge is -2.11. The van der Waals surface area contributed by atoms with Gasteiger partial charge in [0.15, 0.2) is 0 Å². The molecule has 0 aliphatic rings. The lowest BCUT2D eigenvalue weighted by Crippen LogP contribution is -2.05. The maximum Gasteiger partial charge on any atom is 0.141 e. The minimum absolute atomic E-state index is 0.922. The number of para-hydroxylation sites is 4. The van der Waals surface area contributed by atoms with Gasteiger partial charge in [0.2, 0.25) is 0 Å². The van der Waals surface area contributed by atoms with Gasteiger partial charge in [0.25, 0.3) is 0 Å². The van der Waals surface area contributed by atoms with Crippen molar-refractivity contribution in [3.05, 3.63) is 103 Å². The first-order valence-corrected chi connectivity index (χ1v) is 10.9. The van der Waals surface area contributed by atoms with E-state index in [0.717, 1.165) is 36.4 Å². The highest BCUT2D eigenvalue weighted by Crippen LogP contribution is 2.30. The van der Waals surface area contributed by atoms with E-state index < -0.39 is 0 Å². The van der Waals surface area contributed by atoms with Crippen molar-refractivity contribution in [1.82, 2.24) is 14.1 Å². The molecule has 0 saturated heterocycles. The van der Waals surface area contributed by atoms with Crippen LogP contribution < -0.4 is 0 Å². The molecule has 150 valence electrons. The van der Waals surface area contributed by atoms with Gasteiger partial charge in [-0.3, -0.25) is 0 Å².